The van der Waals surface area contributed by atoms with Crippen LogP contribution in [0.4, 0.5) is 24.1 Å². The number of benzene rings is 2. The van der Waals surface area contributed by atoms with Crippen LogP contribution in [0.2, 0.25) is 0 Å². The monoisotopic (exact) mass is 609 g/mol. The number of carbonyl (C=O) groups excluding carboxylic acids is 3. The van der Waals surface area contributed by atoms with Crippen LogP contribution < -0.4 is 25.6 Å². The Balaban J connectivity index is 1.63. The van der Waals surface area contributed by atoms with Crippen LogP contribution in [0.1, 0.15) is 45.7 Å². The van der Waals surface area contributed by atoms with Gasteiger partial charge in [-0.05, 0) is 70.0 Å². The third-order valence-electron chi connectivity index (χ3n) is 6.26. The number of hydrogen-bond donors (Lipinski definition) is 4. The zero-order valence-electron chi connectivity index (χ0n) is 25.6. The van der Waals surface area contributed by atoms with Gasteiger partial charge in [0, 0.05) is 49.5 Å². The van der Waals surface area contributed by atoms with Crippen LogP contribution in [0.15, 0.2) is 48.2 Å². The Morgan fingerprint density at radius 2 is 1.89 bits per heavy atom. The van der Waals surface area contributed by atoms with Crippen molar-refractivity contribution in [1.82, 2.24) is 16.0 Å². The van der Waals surface area contributed by atoms with E-state index >= 15 is 0 Å². The second kappa shape index (κ2) is 14.0. The number of carbonyl (C=O) groups is 3. The number of nitrogens with one attached hydrogen (secondary N) is 4. The van der Waals surface area contributed by atoms with E-state index in [9.17, 15) is 23.2 Å². The molecule has 4 amide bonds. The zero-order chi connectivity index (χ0) is 32.7. The van der Waals surface area contributed by atoms with Crippen molar-refractivity contribution in [3.8, 4) is 17.6 Å². The number of allylic oxidation sites excluding steroid dienone is 1. The van der Waals surface area contributed by atoms with Gasteiger partial charge in [0.1, 0.15) is 35.6 Å². The van der Waals surface area contributed by atoms with Crippen molar-refractivity contribution in [3.63, 3.8) is 0 Å². The molecule has 1 heterocycles. The molecule has 1 aliphatic heterocycles. The van der Waals surface area contributed by atoms with Crippen molar-refractivity contribution in [2.75, 3.05) is 25.1 Å². The number of nitrogens with zero attached hydrogens (tertiary/aromatic N) is 1. The molecule has 0 radical (unpaired) electrons. The van der Waals surface area contributed by atoms with Crippen molar-refractivity contribution in [2.24, 2.45) is 5.41 Å². The summed E-state index contributed by atoms with van der Waals surface area (Å²) in [6.07, 6.45) is 1.56. The highest BCUT2D eigenvalue weighted by molar-refractivity contribution is 6.00. The summed E-state index contributed by atoms with van der Waals surface area (Å²) in [5, 5.41) is 15.3. The average Bonchev–Trinajstić information content (AvgIpc) is 3.05. The lowest BCUT2D eigenvalue weighted by Gasteiger charge is -2.23. The van der Waals surface area contributed by atoms with Gasteiger partial charge in [-0.3, -0.25) is 4.79 Å². The van der Waals surface area contributed by atoms with E-state index in [1.807, 2.05) is 13.8 Å². The fourth-order valence-electron chi connectivity index (χ4n) is 3.96. The highest BCUT2D eigenvalue weighted by Gasteiger charge is 2.30. The van der Waals surface area contributed by atoms with Gasteiger partial charge in [0.15, 0.2) is 0 Å². The van der Waals surface area contributed by atoms with Gasteiger partial charge in [-0.25, -0.2) is 18.4 Å². The Bertz CT molecular complexity index is 1520. The van der Waals surface area contributed by atoms with Gasteiger partial charge in [-0.1, -0.05) is 17.9 Å². The zero-order valence-corrected chi connectivity index (χ0v) is 25.6. The number of hydrogen-bond acceptors (Lipinski definition) is 6. The van der Waals surface area contributed by atoms with Crippen molar-refractivity contribution in [2.45, 2.75) is 52.7 Å². The molecule has 0 aromatic heterocycles. The van der Waals surface area contributed by atoms with Crippen LogP contribution in [-0.4, -0.2) is 56.1 Å². The molecule has 0 spiro atoms. The van der Waals surface area contributed by atoms with E-state index in [4.69, 9.17) is 14.9 Å². The summed E-state index contributed by atoms with van der Waals surface area (Å²) >= 11 is 0. The predicted molar refractivity (Wildman–Crippen MR) is 163 cm³/mol. The van der Waals surface area contributed by atoms with Crippen molar-refractivity contribution in [3.05, 3.63) is 70.9 Å². The minimum atomic E-state index is -1.04. The van der Waals surface area contributed by atoms with Crippen LogP contribution in [0, 0.1) is 34.3 Å². The maximum Gasteiger partial charge on any atom is 0.407 e. The van der Waals surface area contributed by atoms with Crippen LogP contribution >= 0.6 is 0 Å². The number of urea groups is 1. The van der Waals surface area contributed by atoms with Crippen LogP contribution in [0.3, 0.4) is 0 Å². The third kappa shape index (κ3) is 9.83. The number of halogens is 2. The first-order chi connectivity index (χ1) is 20.6. The van der Waals surface area contributed by atoms with Crippen molar-refractivity contribution >= 4 is 29.9 Å². The Morgan fingerprint density at radius 3 is 2.55 bits per heavy atom. The molecular formula is C32H37F2N5O5. The first kappa shape index (κ1) is 33.6. The Hall–Kier alpha value is -4.92. The van der Waals surface area contributed by atoms with Gasteiger partial charge in [-0.2, -0.15) is 0 Å². The number of alkyl carbamates (subject to hydrolysis) is 1. The molecule has 44 heavy (non-hydrogen) atoms. The quantitative estimate of drug-likeness (QED) is 0.268. The number of rotatable bonds is 7. The third-order valence-corrected chi connectivity index (χ3v) is 6.26. The van der Waals surface area contributed by atoms with Gasteiger partial charge >= 0.3 is 12.1 Å². The highest BCUT2D eigenvalue weighted by atomic mass is 19.1. The molecule has 0 saturated heterocycles. The van der Waals surface area contributed by atoms with Gasteiger partial charge in [0.05, 0.1) is 5.69 Å². The molecule has 0 bridgehead atoms. The molecule has 1 aliphatic rings. The molecular weight excluding hydrogens is 572 g/mol. The lowest BCUT2D eigenvalue weighted by atomic mass is 9.94. The molecule has 4 N–H and O–H groups in total. The number of amides is 4. The largest absolute Gasteiger partial charge is 0.489 e. The van der Waals surface area contributed by atoms with Gasteiger partial charge in [0.25, 0.3) is 5.91 Å². The normalized spacial score (nSPS) is 15.1. The maximum absolute atomic E-state index is 14.0. The first-order valence-electron chi connectivity index (χ1n) is 13.8. The molecule has 3 rings (SSSR count). The molecule has 234 valence electrons. The minimum absolute atomic E-state index is 0.0535. The molecule has 12 heteroatoms. The van der Waals surface area contributed by atoms with E-state index in [0.29, 0.717) is 17.0 Å². The second-order valence-corrected chi connectivity index (χ2v) is 11.8. The van der Waals surface area contributed by atoms with E-state index in [1.165, 1.54) is 17.2 Å². The van der Waals surface area contributed by atoms with Crippen LogP contribution in [-0.2, 0) is 16.0 Å². The fourth-order valence-corrected chi connectivity index (χ4v) is 3.96. The first-order valence-corrected chi connectivity index (χ1v) is 13.8. The molecule has 0 saturated carbocycles. The SMILES string of the molecule is CN1C(=O)[C@@H](NC(=O)N/C=C(\C=N)Cc2ccc(F)cc2F)COc2ccc(C#CC(C)(C)CNC(=O)OC(C)(C)C)cc21. The molecule has 0 fully saturated rings. The number of likely N-dealkylation sites (N-methyl/N-ethyl adjacent to an activating group) is 1. The van der Waals surface area contributed by atoms with E-state index in [-0.39, 0.29) is 30.7 Å². The standard InChI is InChI=1S/C32H37F2N5O5/c1-31(2,3)44-30(42)37-19-32(4,5)12-11-20-7-10-27-26(14-20)39(6)28(40)25(18-43-27)38-29(41)36-17-21(16-35)13-22-8-9-23(33)15-24(22)34/h7-10,14-17,25,35H,13,18-19H2,1-6H3,(H,37,42)(H2,36,38,41)/b21-17-,35-16?/t25-/m0/s1. The van der Waals surface area contributed by atoms with E-state index < -0.39 is 46.7 Å². The predicted octanol–water partition coefficient (Wildman–Crippen LogP) is 4.67. The van der Waals surface area contributed by atoms with Crippen LogP contribution in [0.5, 0.6) is 5.75 Å². The summed E-state index contributed by atoms with van der Waals surface area (Å²) in [6, 6.07) is 6.47. The van der Waals surface area contributed by atoms with Crippen LogP contribution in [0.25, 0.3) is 0 Å². The number of anilines is 1. The van der Waals surface area contributed by atoms with Gasteiger partial charge in [0.2, 0.25) is 0 Å². The summed E-state index contributed by atoms with van der Waals surface area (Å²) < 4.78 is 38.2. The lowest BCUT2D eigenvalue weighted by molar-refractivity contribution is -0.120. The Morgan fingerprint density at radius 1 is 1.16 bits per heavy atom. The molecule has 0 unspecified atom stereocenters. The molecule has 2 aromatic rings. The lowest BCUT2D eigenvalue weighted by Crippen LogP contribution is -2.51. The summed E-state index contributed by atoms with van der Waals surface area (Å²) in [4.78, 5) is 39.2. The van der Waals surface area contributed by atoms with Gasteiger partial charge in [-0.15, -0.1) is 0 Å². The average molecular weight is 610 g/mol. The molecule has 1 atom stereocenters. The fraction of sp³-hybridized carbons (Fsp3) is 0.375. The summed E-state index contributed by atoms with van der Waals surface area (Å²) in [7, 11) is 1.55. The smallest absolute Gasteiger partial charge is 0.407 e. The molecule has 10 nitrogen and oxygen atoms in total. The van der Waals surface area contributed by atoms with E-state index in [0.717, 1.165) is 18.3 Å². The van der Waals surface area contributed by atoms with Gasteiger partial charge < -0.3 is 35.7 Å². The molecule has 2 aromatic carbocycles. The van der Waals surface area contributed by atoms with E-state index in [1.54, 1.807) is 46.0 Å². The summed E-state index contributed by atoms with van der Waals surface area (Å²) in [5.74, 6) is 4.72. The number of fused-ring (bicyclic) bond motifs is 1. The minimum Gasteiger partial charge on any atom is -0.489 e. The summed E-state index contributed by atoms with van der Waals surface area (Å²) in [5.41, 5.74) is 0.285. The molecule has 0 aliphatic carbocycles. The Kier molecular flexibility index (Phi) is 10.7. The summed E-state index contributed by atoms with van der Waals surface area (Å²) in [6.45, 7) is 9.22. The van der Waals surface area contributed by atoms with Crippen molar-refractivity contribution < 1.29 is 32.6 Å². The number of ether oxygens (including phenoxy) is 2. The maximum atomic E-state index is 14.0. The Labute approximate surface area is 255 Å². The van der Waals surface area contributed by atoms with E-state index in [2.05, 4.69) is 27.8 Å². The van der Waals surface area contributed by atoms with Crippen molar-refractivity contribution in [1.29, 1.82) is 5.41 Å². The second-order valence-electron chi connectivity index (χ2n) is 11.8. The topological polar surface area (TPSA) is 133 Å². The highest BCUT2D eigenvalue weighted by Crippen LogP contribution is 2.31.